The van der Waals surface area contributed by atoms with Crippen LogP contribution in [0.25, 0.3) is 0 Å². The summed E-state index contributed by atoms with van der Waals surface area (Å²) in [7, 11) is 0. The predicted molar refractivity (Wildman–Crippen MR) is 88.8 cm³/mol. The van der Waals surface area contributed by atoms with E-state index in [1.807, 2.05) is 20.8 Å². The van der Waals surface area contributed by atoms with E-state index in [-0.39, 0.29) is 29.3 Å². The fourth-order valence-corrected chi connectivity index (χ4v) is 2.71. The number of β-amino-alcohol motifs (C(OH)–C–C–N with tert-alkyl or cyclic N) is 1. The summed E-state index contributed by atoms with van der Waals surface area (Å²) in [5.74, 6) is 0.284. The number of aliphatic hydroxyl groups is 1. The number of nitrogen functional groups attached to an aromatic ring is 1. The van der Waals surface area contributed by atoms with Gasteiger partial charge in [0.15, 0.2) is 5.69 Å². The molecule has 0 radical (unpaired) electrons. The maximum Gasteiger partial charge on any atom is 0.299 e. The van der Waals surface area contributed by atoms with Crippen molar-refractivity contribution < 1.29 is 14.8 Å². The fraction of sp³-hybridized carbons (Fsp3) is 0.625. The largest absolute Gasteiger partial charge is 0.488 e. The molecule has 1 aromatic rings. The molecule has 0 aromatic heterocycles. The van der Waals surface area contributed by atoms with Gasteiger partial charge >= 0.3 is 0 Å². The van der Waals surface area contributed by atoms with Crippen LogP contribution in [0.5, 0.6) is 5.75 Å². The van der Waals surface area contributed by atoms with Gasteiger partial charge in [0.2, 0.25) is 0 Å². The number of benzene rings is 1. The van der Waals surface area contributed by atoms with Gasteiger partial charge in [-0.15, -0.1) is 0 Å². The van der Waals surface area contributed by atoms with Gasteiger partial charge in [0.25, 0.3) is 5.69 Å². The number of hydrogen-bond acceptors (Lipinski definition) is 6. The van der Waals surface area contributed by atoms with E-state index in [0.717, 1.165) is 24.0 Å². The lowest BCUT2D eigenvalue weighted by Crippen LogP contribution is -2.42. The minimum atomic E-state index is -0.721. The monoisotopic (exact) mass is 323 g/mol. The summed E-state index contributed by atoms with van der Waals surface area (Å²) in [6, 6.07) is 1.77. The third-order valence-corrected chi connectivity index (χ3v) is 3.85. The van der Waals surface area contributed by atoms with E-state index in [1.165, 1.54) is 0 Å². The Bertz CT molecular complexity index is 596. The predicted octanol–water partition coefficient (Wildman–Crippen LogP) is 1.79. The van der Waals surface area contributed by atoms with Crippen LogP contribution in [0, 0.1) is 10.1 Å². The number of hydrogen-bond donors (Lipinski definition) is 3. The maximum absolute atomic E-state index is 11.3. The van der Waals surface area contributed by atoms with Crippen LogP contribution >= 0.6 is 0 Å². The quantitative estimate of drug-likeness (QED) is 0.418. The summed E-state index contributed by atoms with van der Waals surface area (Å²) in [5, 5.41) is 24.4. The van der Waals surface area contributed by atoms with Crippen LogP contribution in [0.3, 0.4) is 0 Å². The van der Waals surface area contributed by atoms with E-state index >= 15 is 0 Å². The van der Waals surface area contributed by atoms with Crippen molar-refractivity contribution >= 4 is 11.4 Å². The van der Waals surface area contributed by atoms with Crippen molar-refractivity contribution in [3.8, 4) is 5.75 Å². The van der Waals surface area contributed by atoms with Crippen molar-refractivity contribution in [3.63, 3.8) is 0 Å². The third-order valence-electron chi connectivity index (χ3n) is 3.85. The van der Waals surface area contributed by atoms with Crippen molar-refractivity contribution in [2.75, 3.05) is 18.9 Å². The fourth-order valence-electron chi connectivity index (χ4n) is 2.71. The number of anilines is 1. The molecular formula is C16H25N3O4. The molecule has 0 aliphatic heterocycles. The minimum Gasteiger partial charge on any atom is -0.488 e. The number of nitrogens with one attached hydrogen (secondary N) is 1. The average molecular weight is 323 g/mol. The highest BCUT2D eigenvalue weighted by atomic mass is 16.6. The summed E-state index contributed by atoms with van der Waals surface area (Å²) in [4.78, 5) is 10.9. The van der Waals surface area contributed by atoms with Gasteiger partial charge in [0.1, 0.15) is 18.5 Å². The van der Waals surface area contributed by atoms with Crippen LogP contribution in [-0.4, -0.2) is 34.8 Å². The van der Waals surface area contributed by atoms with Gasteiger partial charge in [-0.25, -0.2) is 0 Å². The van der Waals surface area contributed by atoms with Gasteiger partial charge in [0, 0.05) is 17.6 Å². The third kappa shape index (κ3) is 4.33. The minimum absolute atomic E-state index is 0.0310. The summed E-state index contributed by atoms with van der Waals surface area (Å²) in [5.41, 5.74) is 7.46. The van der Waals surface area contributed by atoms with Crippen LogP contribution < -0.4 is 15.8 Å². The number of nitrogens with two attached hydrogens (primary N) is 1. The van der Waals surface area contributed by atoms with Crippen LogP contribution in [-0.2, 0) is 12.8 Å². The van der Waals surface area contributed by atoms with Crippen LogP contribution in [0.1, 0.15) is 38.3 Å². The van der Waals surface area contributed by atoms with E-state index in [1.54, 1.807) is 6.07 Å². The van der Waals surface area contributed by atoms with Crippen LogP contribution in [0.4, 0.5) is 11.4 Å². The van der Waals surface area contributed by atoms with E-state index in [0.29, 0.717) is 13.0 Å². The van der Waals surface area contributed by atoms with Gasteiger partial charge in [-0.2, -0.15) is 0 Å². The summed E-state index contributed by atoms with van der Waals surface area (Å²) < 4.78 is 5.56. The molecule has 1 atom stereocenters. The number of nitro benzene ring substituents is 1. The van der Waals surface area contributed by atoms with E-state index in [9.17, 15) is 15.2 Å². The van der Waals surface area contributed by atoms with E-state index < -0.39 is 11.0 Å². The average Bonchev–Trinajstić information content (AvgIpc) is 2.89. The lowest BCUT2D eigenvalue weighted by Gasteiger charge is -2.23. The topological polar surface area (TPSA) is 111 Å². The van der Waals surface area contributed by atoms with E-state index in [2.05, 4.69) is 5.32 Å². The Labute approximate surface area is 136 Å². The zero-order valence-electron chi connectivity index (χ0n) is 13.9. The Kier molecular flexibility index (Phi) is 5.11. The highest BCUT2D eigenvalue weighted by Gasteiger charge is 2.28. The molecule has 0 spiro atoms. The summed E-state index contributed by atoms with van der Waals surface area (Å²) in [6.07, 6.45) is 1.63. The standard InChI is InChI=1S/C16H25N3O4/c1-16(2,3)18-8-11(20)9-23-13-7-10-5-4-6-12(10)15(14(13)17)19(21)22/h7,11,18,20H,4-6,8-9,17H2,1-3H3. The SMILES string of the molecule is CC(C)(C)NCC(O)COc1cc2c(c([N+](=O)[O-])c1N)CCC2. The molecule has 0 heterocycles. The maximum atomic E-state index is 11.3. The Balaban J connectivity index is 2.09. The van der Waals surface area contributed by atoms with Gasteiger partial charge in [-0.05, 0) is 51.7 Å². The summed E-state index contributed by atoms with van der Waals surface area (Å²) >= 11 is 0. The first-order valence-corrected chi connectivity index (χ1v) is 7.83. The molecule has 7 nitrogen and oxygen atoms in total. The van der Waals surface area contributed by atoms with Gasteiger partial charge in [-0.3, -0.25) is 10.1 Å². The molecular weight excluding hydrogens is 298 g/mol. The van der Waals surface area contributed by atoms with Crippen molar-refractivity contribution in [1.29, 1.82) is 0 Å². The molecule has 1 aliphatic carbocycles. The number of nitro groups is 1. The molecule has 0 bridgehead atoms. The van der Waals surface area contributed by atoms with Crippen molar-refractivity contribution in [2.45, 2.75) is 51.7 Å². The Morgan fingerprint density at radius 2 is 2.17 bits per heavy atom. The number of ether oxygens (including phenoxy) is 1. The molecule has 4 N–H and O–H groups in total. The van der Waals surface area contributed by atoms with Gasteiger partial charge < -0.3 is 20.9 Å². The molecule has 1 aromatic carbocycles. The lowest BCUT2D eigenvalue weighted by molar-refractivity contribution is -0.384. The molecule has 128 valence electrons. The molecule has 2 rings (SSSR count). The number of aliphatic hydroxyl groups excluding tert-OH is 1. The van der Waals surface area contributed by atoms with Gasteiger partial charge in [-0.1, -0.05) is 0 Å². The highest BCUT2D eigenvalue weighted by Crippen LogP contribution is 2.41. The Hall–Kier alpha value is -1.86. The second-order valence-electron chi connectivity index (χ2n) is 6.98. The second kappa shape index (κ2) is 6.72. The Morgan fingerprint density at radius 1 is 1.48 bits per heavy atom. The summed E-state index contributed by atoms with van der Waals surface area (Å²) in [6.45, 7) is 6.41. The first-order chi connectivity index (χ1) is 10.7. The van der Waals surface area contributed by atoms with Crippen molar-refractivity contribution in [2.24, 2.45) is 0 Å². The molecule has 0 fully saturated rings. The highest BCUT2D eigenvalue weighted by molar-refractivity contribution is 5.73. The van der Waals surface area contributed by atoms with E-state index in [4.69, 9.17) is 10.5 Å². The van der Waals surface area contributed by atoms with Crippen LogP contribution in [0.15, 0.2) is 6.07 Å². The van der Waals surface area contributed by atoms with Crippen molar-refractivity contribution in [1.82, 2.24) is 5.32 Å². The Morgan fingerprint density at radius 3 is 2.78 bits per heavy atom. The molecule has 0 saturated heterocycles. The molecule has 1 aliphatic rings. The number of fused-ring (bicyclic) bond motifs is 1. The lowest BCUT2D eigenvalue weighted by atomic mass is 10.1. The molecule has 1 unspecified atom stereocenters. The second-order valence-corrected chi connectivity index (χ2v) is 6.98. The number of nitrogens with zero attached hydrogens (tertiary/aromatic N) is 1. The number of rotatable bonds is 6. The number of aryl methyl sites for hydroxylation is 1. The van der Waals surface area contributed by atoms with Gasteiger partial charge in [0.05, 0.1) is 4.92 Å². The first kappa shape index (κ1) is 17.5. The first-order valence-electron chi connectivity index (χ1n) is 7.83. The normalized spacial score (nSPS) is 15.3. The zero-order chi connectivity index (χ0) is 17.2. The van der Waals surface area contributed by atoms with Crippen LogP contribution in [0.2, 0.25) is 0 Å². The molecule has 0 saturated carbocycles. The zero-order valence-corrected chi connectivity index (χ0v) is 13.9. The smallest absolute Gasteiger partial charge is 0.299 e. The molecule has 0 amide bonds. The molecule has 7 heteroatoms. The van der Waals surface area contributed by atoms with Crippen molar-refractivity contribution in [3.05, 3.63) is 27.3 Å². The molecule has 23 heavy (non-hydrogen) atoms.